The van der Waals surface area contributed by atoms with Crippen molar-refractivity contribution >= 4 is 17.8 Å². The maximum Gasteiger partial charge on any atom is 0.316 e. The molecule has 0 aliphatic carbocycles. The van der Waals surface area contributed by atoms with Crippen LogP contribution < -0.4 is 22.1 Å². The fraction of sp³-hybridized carbons (Fsp3) is 0.727. The summed E-state index contributed by atoms with van der Waals surface area (Å²) in [4.78, 5) is 33.2. The van der Waals surface area contributed by atoms with Crippen LogP contribution in [0.4, 0.5) is 4.79 Å². The number of unbranched alkanes of at least 4 members (excludes halogenated alkanes) is 2. The van der Waals surface area contributed by atoms with Gasteiger partial charge in [0.1, 0.15) is 0 Å². The van der Waals surface area contributed by atoms with Crippen LogP contribution in [0.25, 0.3) is 0 Å². The molecule has 7 heteroatoms. The molecule has 0 bridgehead atoms. The second-order valence-corrected chi connectivity index (χ2v) is 4.25. The summed E-state index contributed by atoms with van der Waals surface area (Å²) in [6.07, 6.45) is 4.04. The quantitative estimate of drug-likeness (QED) is 0.349. The van der Waals surface area contributed by atoms with Gasteiger partial charge in [-0.3, -0.25) is 9.59 Å². The lowest BCUT2D eigenvalue weighted by molar-refractivity contribution is -0.128. The fourth-order valence-electron chi connectivity index (χ4n) is 1.45. The zero-order chi connectivity index (χ0) is 14.1. The molecule has 0 aliphatic rings. The predicted molar refractivity (Wildman–Crippen MR) is 67.4 cm³/mol. The van der Waals surface area contributed by atoms with Gasteiger partial charge in [0, 0.05) is 6.04 Å². The topological polar surface area (TPSA) is 127 Å². The Bertz CT molecular complexity index is 293. The Morgan fingerprint density at radius 3 is 2.06 bits per heavy atom. The third-order valence-corrected chi connectivity index (χ3v) is 2.46. The maximum absolute atomic E-state index is 11.5. The van der Waals surface area contributed by atoms with Gasteiger partial charge in [-0.2, -0.15) is 0 Å². The number of nitrogens with one attached hydrogen (secondary N) is 2. The van der Waals surface area contributed by atoms with Crippen molar-refractivity contribution in [3.63, 3.8) is 0 Å². The summed E-state index contributed by atoms with van der Waals surface area (Å²) in [5.74, 6) is -1.95. The lowest BCUT2D eigenvalue weighted by Gasteiger charge is -2.17. The molecular weight excluding hydrogens is 236 g/mol. The molecule has 0 aromatic heterocycles. The smallest absolute Gasteiger partial charge is 0.316 e. The molecule has 0 aromatic carbocycles. The molecule has 0 saturated carbocycles. The van der Waals surface area contributed by atoms with Gasteiger partial charge in [-0.25, -0.2) is 4.79 Å². The third-order valence-electron chi connectivity index (χ3n) is 2.46. The highest BCUT2D eigenvalue weighted by atomic mass is 16.2. The lowest BCUT2D eigenvalue weighted by atomic mass is 10.1. The molecule has 0 saturated heterocycles. The molecule has 7 nitrogen and oxygen atoms in total. The summed E-state index contributed by atoms with van der Waals surface area (Å²) in [5, 5.41) is 4.75. The zero-order valence-electron chi connectivity index (χ0n) is 10.9. The highest BCUT2D eigenvalue weighted by Crippen LogP contribution is 2.02. The number of hydrogen-bond acceptors (Lipinski definition) is 3. The first-order chi connectivity index (χ1) is 8.38. The van der Waals surface area contributed by atoms with E-state index in [0.717, 1.165) is 25.7 Å². The van der Waals surface area contributed by atoms with Crippen molar-refractivity contribution in [2.45, 2.75) is 51.6 Å². The van der Waals surface area contributed by atoms with Crippen molar-refractivity contribution in [1.82, 2.24) is 10.6 Å². The number of amides is 4. The summed E-state index contributed by atoms with van der Waals surface area (Å²) in [5.41, 5.74) is 9.87. The van der Waals surface area contributed by atoms with Gasteiger partial charge in [0.15, 0.2) is 6.04 Å². The summed E-state index contributed by atoms with van der Waals surface area (Å²) in [6.45, 7) is 3.94. The van der Waals surface area contributed by atoms with E-state index in [0.29, 0.717) is 0 Å². The Hall–Kier alpha value is -1.79. The SMILES string of the molecule is CCCCCC(C)NC(=O)NC(C(N)=O)C(N)=O. The Kier molecular flexibility index (Phi) is 7.50. The molecule has 0 fully saturated rings. The summed E-state index contributed by atoms with van der Waals surface area (Å²) >= 11 is 0. The number of carbonyl (C=O) groups excluding carboxylic acids is 3. The van der Waals surface area contributed by atoms with Crippen molar-refractivity contribution < 1.29 is 14.4 Å². The molecule has 0 heterocycles. The van der Waals surface area contributed by atoms with Crippen LogP contribution in [0.2, 0.25) is 0 Å². The van der Waals surface area contributed by atoms with E-state index in [4.69, 9.17) is 11.5 Å². The molecule has 1 atom stereocenters. The van der Waals surface area contributed by atoms with Gasteiger partial charge >= 0.3 is 6.03 Å². The number of rotatable bonds is 8. The van der Waals surface area contributed by atoms with Crippen molar-refractivity contribution in [1.29, 1.82) is 0 Å². The molecule has 0 aliphatic heterocycles. The zero-order valence-corrected chi connectivity index (χ0v) is 10.9. The van der Waals surface area contributed by atoms with Crippen LogP contribution in [0.5, 0.6) is 0 Å². The van der Waals surface area contributed by atoms with Crippen LogP contribution in [0.3, 0.4) is 0 Å². The predicted octanol–water partition coefficient (Wildman–Crippen LogP) is -0.406. The van der Waals surface area contributed by atoms with Crippen molar-refractivity contribution in [3.8, 4) is 0 Å². The van der Waals surface area contributed by atoms with Gasteiger partial charge in [-0.15, -0.1) is 0 Å². The number of urea groups is 1. The monoisotopic (exact) mass is 258 g/mol. The normalized spacial score (nSPS) is 11.9. The molecule has 104 valence electrons. The van der Waals surface area contributed by atoms with Gasteiger partial charge in [0.2, 0.25) is 11.8 Å². The van der Waals surface area contributed by atoms with Gasteiger partial charge in [-0.1, -0.05) is 26.2 Å². The summed E-state index contributed by atoms with van der Waals surface area (Å²) < 4.78 is 0. The minimum Gasteiger partial charge on any atom is -0.367 e. The standard InChI is InChI=1S/C11H22N4O3/c1-3-4-5-6-7(2)14-11(18)15-8(9(12)16)10(13)17/h7-8H,3-6H2,1-2H3,(H2,12,16)(H2,13,17)(H2,14,15,18). The molecular formula is C11H22N4O3. The first kappa shape index (κ1) is 16.2. The maximum atomic E-state index is 11.5. The van der Waals surface area contributed by atoms with Crippen LogP contribution in [0, 0.1) is 0 Å². The van der Waals surface area contributed by atoms with E-state index >= 15 is 0 Å². The number of nitrogens with two attached hydrogens (primary N) is 2. The average Bonchev–Trinajstić information content (AvgIpc) is 2.25. The largest absolute Gasteiger partial charge is 0.367 e. The van der Waals surface area contributed by atoms with Crippen molar-refractivity contribution in [2.24, 2.45) is 11.5 Å². The first-order valence-electron chi connectivity index (χ1n) is 6.04. The molecule has 0 rings (SSSR count). The second-order valence-electron chi connectivity index (χ2n) is 4.25. The van der Waals surface area contributed by atoms with E-state index < -0.39 is 23.9 Å². The highest BCUT2D eigenvalue weighted by molar-refractivity contribution is 6.05. The van der Waals surface area contributed by atoms with Gasteiger partial charge in [-0.05, 0) is 13.3 Å². The number of primary amides is 2. The lowest BCUT2D eigenvalue weighted by Crippen LogP contribution is -2.55. The Morgan fingerprint density at radius 1 is 1.06 bits per heavy atom. The van der Waals surface area contributed by atoms with E-state index in [1.807, 2.05) is 6.92 Å². The molecule has 0 aromatic rings. The van der Waals surface area contributed by atoms with Crippen molar-refractivity contribution in [2.75, 3.05) is 0 Å². The Morgan fingerprint density at radius 2 is 1.61 bits per heavy atom. The molecule has 0 radical (unpaired) electrons. The first-order valence-corrected chi connectivity index (χ1v) is 6.04. The van der Waals surface area contributed by atoms with Gasteiger partial charge in [0.05, 0.1) is 0 Å². The summed E-state index contributed by atoms with van der Waals surface area (Å²) in [7, 11) is 0. The van der Waals surface area contributed by atoms with Crippen LogP contribution in [0.15, 0.2) is 0 Å². The Labute approximate surface area is 107 Å². The molecule has 1 unspecified atom stereocenters. The van der Waals surface area contributed by atoms with Crippen LogP contribution in [-0.4, -0.2) is 29.9 Å². The Balaban J connectivity index is 4.08. The molecule has 4 amide bonds. The van der Waals surface area contributed by atoms with Crippen LogP contribution in [0.1, 0.15) is 39.5 Å². The van der Waals surface area contributed by atoms with Crippen molar-refractivity contribution in [3.05, 3.63) is 0 Å². The average molecular weight is 258 g/mol. The number of carbonyl (C=O) groups is 3. The van der Waals surface area contributed by atoms with Crippen LogP contribution in [-0.2, 0) is 9.59 Å². The molecule has 0 spiro atoms. The van der Waals surface area contributed by atoms with Crippen LogP contribution >= 0.6 is 0 Å². The van der Waals surface area contributed by atoms with Gasteiger partial charge < -0.3 is 22.1 Å². The van der Waals surface area contributed by atoms with E-state index in [2.05, 4.69) is 17.6 Å². The summed E-state index contributed by atoms with van der Waals surface area (Å²) in [6, 6.07) is -2.15. The molecule has 18 heavy (non-hydrogen) atoms. The van der Waals surface area contributed by atoms with E-state index in [1.54, 1.807) is 0 Å². The number of hydrogen-bond donors (Lipinski definition) is 4. The van der Waals surface area contributed by atoms with Gasteiger partial charge in [0.25, 0.3) is 0 Å². The second kappa shape index (κ2) is 8.32. The fourth-order valence-corrected chi connectivity index (χ4v) is 1.45. The highest BCUT2D eigenvalue weighted by Gasteiger charge is 2.24. The molecule has 6 N–H and O–H groups in total. The van der Waals surface area contributed by atoms with E-state index in [-0.39, 0.29) is 6.04 Å². The minimum atomic E-state index is -1.48. The third kappa shape index (κ3) is 6.72. The minimum absolute atomic E-state index is 0.0436. The van der Waals surface area contributed by atoms with E-state index in [9.17, 15) is 14.4 Å². The van der Waals surface area contributed by atoms with E-state index in [1.165, 1.54) is 0 Å².